The third-order valence-electron chi connectivity index (χ3n) is 2.10. The summed E-state index contributed by atoms with van der Waals surface area (Å²) >= 11 is 0. The Morgan fingerprint density at radius 1 is 1.33 bits per heavy atom. The van der Waals surface area contributed by atoms with E-state index < -0.39 is 0 Å². The predicted molar refractivity (Wildman–Crippen MR) is 47.6 cm³/mol. The van der Waals surface area contributed by atoms with Gasteiger partial charge in [-0.15, -0.1) is 0 Å². The standard InChI is InChI=1S/C10H10FN/c1-7-5-9(11)8-3-4-12(2)10(8)6-7/h3-6H,1-2H3. The third-order valence-corrected chi connectivity index (χ3v) is 2.10. The van der Waals surface area contributed by atoms with E-state index in [2.05, 4.69) is 0 Å². The molecule has 62 valence electrons. The summed E-state index contributed by atoms with van der Waals surface area (Å²) in [4.78, 5) is 0. The van der Waals surface area contributed by atoms with Gasteiger partial charge < -0.3 is 4.57 Å². The maximum absolute atomic E-state index is 13.2. The molecule has 1 nitrogen and oxygen atoms in total. The molecule has 0 spiro atoms. The van der Waals surface area contributed by atoms with Crippen LogP contribution in [0.2, 0.25) is 0 Å². The first-order valence-corrected chi connectivity index (χ1v) is 3.89. The first-order valence-electron chi connectivity index (χ1n) is 3.89. The summed E-state index contributed by atoms with van der Waals surface area (Å²) in [6.07, 6.45) is 1.87. The Kier molecular flexibility index (Phi) is 1.43. The molecule has 0 N–H and O–H groups in total. The Balaban J connectivity index is 2.92. The molecule has 0 bridgehead atoms. The van der Waals surface area contributed by atoms with Gasteiger partial charge in [0.1, 0.15) is 5.82 Å². The van der Waals surface area contributed by atoms with Crippen LogP contribution in [0.3, 0.4) is 0 Å². The monoisotopic (exact) mass is 163 g/mol. The van der Waals surface area contributed by atoms with Gasteiger partial charge in [0.05, 0.1) is 5.52 Å². The van der Waals surface area contributed by atoms with Crippen molar-refractivity contribution in [3.05, 3.63) is 35.8 Å². The minimum Gasteiger partial charge on any atom is -0.350 e. The number of rotatable bonds is 0. The molecule has 0 unspecified atom stereocenters. The van der Waals surface area contributed by atoms with Crippen molar-refractivity contribution in [2.75, 3.05) is 0 Å². The SMILES string of the molecule is Cc1cc(F)c2ccn(C)c2c1. The molecular weight excluding hydrogens is 153 g/mol. The zero-order chi connectivity index (χ0) is 8.72. The van der Waals surface area contributed by atoms with E-state index in [1.165, 1.54) is 0 Å². The molecule has 2 rings (SSSR count). The summed E-state index contributed by atoms with van der Waals surface area (Å²) in [5.74, 6) is -0.134. The maximum atomic E-state index is 13.2. The number of hydrogen-bond donors (Lipinski definition) is 0. The molecule has 0 atom stereocenters. The van der Waals surface area contributed by atoms with Crippen LogP contribution in [0.15, 0.2) is 24.4 Å². The van der Waals surface area contributed by atoms with E-state index in [-0.39, 0.29) is 5.82 Å². The highest BCUT2D eigenvalue weighted by Crippen LogP contribution is 2.19. The van der Waals surface area contributed by atoms with Crippen LogP contribution in [0, 0.1) is 12.7 Å². The van der Waals surface area contributed by atoms with Crippen LogP contribution in [-0.2, 0) is 7.05 Å². The molecular formula is C10H10FN. The van der Waals surface area contributed by atoms with Crippen molar-refractivity contribution < 1.29 is 4.39 Å². The second-order valence-corrected chi connectivity index (χ2v) is 3.11. The molecule has 0 aliphatic carbocycles. The summed E-state index contributed by atoms with van der Waals surface area (Å²) in [5.41, 5.74) is 1.91. The van der Waals surface area contributed by atoms with Gasteiger partial charge in [-0.05, 0) is 30.7 Å². The fraction of sp³-hybridized carbons (Fsp3) is 0.200. The average molecular weight is 163 g/mol. The lowest BCUT2D eigenvalue weighted by molar-refractivity contribution is 0.638. The normalized spacial score (nSPS) is 10.9. The molecule has 0 amide bonds. The maximum Gasteiger partial charge on any atom is 0.132 e. The summed E-state index contributed by atoms with van der Waals surface area (Å²) in [5, 5.41) is 0.697. The lowest BCUT2D eigenvalue weighted by Gasteiger charge is -1.98. The van der Waals surface area contributed by atoms with Crippen molar-refractivity contribution in [2.45, 2.75) is 6.92 Å². The molecule has 1 heterocycles. The van der Waals surface area contributed by atoms with E-state index in [1.54, 1.807) is 12.1 Å². The van der Waals surface area contributed by atoms with Gasteiger partial charge in [-0.2, -0.15) is 0 Å². The second kappa shape index (κ2) is 2.34. The molecule has 0 saturated carbocycles. The highest BCUT2D eigenvalue weighted by Gasteiger charge is 2.03. The summed E-state index contributed by atoms with van der Waals surface area (Å²) in [6, 6.07) is 5.34. The molecule has 0 aliphatic rings. The van der Waals surface area contributed by atoms with Gasteiger partial charge in [0.15, 0.2) is 0 Å². The highest BCUT2D eigenvalue weighted by molar-refractivity contribution is 5.81. The second-order valence-electron chi connectivity index (χ2n) is 3.11. The molecule has 12 heavy (non-hydrogen) atoms. The first kappa shape index (κ1) is 7.35. The Bertz CT molecular complexity index is 429. The summed E-state index contributed by atoms with van der Waals surface area (Å²) in [7, 11) is 1.92. The molecule has 2 aromatic rings. The van der Waals surface area contributed by atoms with Crippen molar-refractivity contribution in [3.8, 4) is 0 Å². The van der Waals surface area contributed by atoms with Gasteiger partial charge in [0, 0.05) is 18.6 Å². The van der Waals surface area contributed by atoms with Crippen LogP contribution >= 0.6 is 0 Å². The predicted octanol–water partition coefficient (Wildman–Crippen LogP) is 2.63. The Labute approximate surface area is 70.4 Å². The van der Waals surface area contributed by atoms with Gasteiger partial charge in [0.25, 0.3) is 0 Å². The van der Waals surface area contributed by atoms with E-state index in [0.29, 0.717) is 5.39 Å². The van der Waals surface area contributed by atoms with Gasteiger partial charge in [-0.25, -0.2) is 4.39 Å². The molecule has 0 fully saturated rings. The summed E-state index contributed by atoms with van der Waals surface area (Å²) < 4.78 is 15.2. The van der Waals surface area contributed by atoms with Crippen molar-refractivity contribution in [3.63, 3.8) is 0 Å². The molecule has 0 saturated heterocycles. The minimum absolute atomic E-state index is 0.134. The van der Waals surface area contributed by atoms with Crippen molar-refractivity contribution in [2.24, 2.45) is 7.05 Å². The zero-order valence-electron chi connectivity index (χ0n) is 7.13. The number of aryl methyl sites for hydroxylation is 2. The summed E-state index contributed by atoms with van der Waals surface area (Å²) in [6.45, 7) is 1.90. The van der Waals surface area contributed by atoms with E-state index in [0.717, 1.165) is 11.1 Å². The van der Waals surface area contributed by atoms with E-state index in [9.17, 15) is 4.39 Å². The molecule has 1 aromatic heterocycles. The number of aromatic nitrogens is 1. The lowest BCUT2D eigenvalue weighted by Crippen LogP contribution is -1.86. The zero-order valence-corrected chi connectivity index (χ0v) is 7.13. The topological polar surface area (TPSA) is 4.93 Å². The smallest absolute Gasteiger partial charge is 0.132 e. The number of fused-ring (bicyclic) bond motifs is 1. The minimum atomic E-state index is -0.134. The number of halogens is 1. The highest BCUT2D eigenvalue weighted by atomic mass is 19.1. The molecule has 1 aromatic carbocycles. The Hall–Kier alpha value is -1.31. The van der Waals surface area contributed by atoms with Crippen LogP contribution in [0.4, 0.5) is 4.39 Å². The average Bonchev–Trinajstić information content (AvgIpc) is 2.33. The van der Waals surface area contributed by atoms with Gasteiger partial charge in [-0.3, -0.25) is 0 Å². The van der Waals surface area contributed by atoms with Crippen molar-refractivity contribution in [1.82, 2.24) is 4.57 Å². The van der Waals surface area contributed by atoms with Gasteiger partial charge >= 0.3 is 0 Å². The largest absolute Gasteiger partial charge is 0.350 e. The van der Waals surface area contributed by atoms with E-state index >= 15 is 0 Å². The Morgan fingerprint density at radius 3 is 2.83 bits per heavy atom. The van der Waals surface area contributed by atoms with Crippen LogP contribution < -0.4 is 0 Å². The van der Waals surface area contributed by atoms with Crippen LogP contribution in [-0.4, -0.2) is 4.57 Å². The van der Waals surface area contributed by atoms with Crippen molar-refractivity contribution in [1.29, 1.82) is 0 Å². The van der Waals surface area contributed by atoms with E-state index in [4.69, 9.17) is 0 Å². The first-order chi connectivity index (χ1) is 5.68. The molecule has 2 heteroatoms. The number of benzene rings is 1. The molecule has 0 radical (unpaired) electrons. The fourth-order valence-corrected chi connectivity index (χ4v) is 1.46. The number of nitrogens with zero attached hydrogens (tertiary/aromatic N) is 1. The fourth-order valence-electron chi connectivity index (χ4n) is 1.46. The Morgan fingerprint density at radius 2 is 2.08 bits per heavy atom. The van der Waals surface area contributed by atoms with Crippen LogP contribution in [0.1, 0.15) is 5.56 Å². The van der Waals surface area contributed by atoms with Crippen molar-refractivity contribution >= 4 is 10.9 Å². The number of hydrogen-bond acceptors (Lipinski definition) is 0. The van der Waals surface area contributed by atoms with E-state index in [1.807, 2.05) is 30.8 Å². The quantitative estimate of drug-likeness (QED) is 0.562. The van der Waals surface area contributed by atoms with Gasteiger partial charge in [-0.1, -0.05) is 0 Å². The van der Waals surface area contributed by atoms with Crippen LogP contribution in [0.25, 0.3) is 10.9 Å². The lowest BCUT2D eigenvalue weighted by atomic mass is 10.2. The third kappa shape index (κ3) is 0.916. The molecule has 0 aliphatic heterocycles. The van der Waals surface area contributed by atoms with Gasteiger partial charge in [0.2, 0.25) is 0 Å². The van der Waals surface area contributed by atoms with Crippen LogP contribution in [0.5, 0.6) is 0 Å².